The van der Waals surface area contributed by atoms with E-state index in [9.17, 15) is 186 Å². The van der Waals surface area contributed by atoms with Crippen LogP contribution < -0.4 is 4.74 Å². The highest BCUT2D eigenvalue weighted by molar-refractivity contribution is 6.11. The summed E-state index contributed by atoms with van der Waals surface area (Å²) < 4.78 is 74.0. The molecule has 0 spiro atoms. The Bertz CT molecular complexity index is 6630. The number of phenols is 29. The van der Waals surface area contributed by atoms with Gasteiger partial charge in [0.05, 0.1) is 50.1 Å². The summed E-state index contributed by atoms with van der Waals surface area (Å²) in [6, 6.07) is 4.88. The Morgan fingerprint density at radius 2 is 0.470 bits per heavy atom. The maximum atomic E-state index is 15.4. The maximum absolute atomic E-state index is 15.4. The molecule has 0 bridgehead atoms. The second-order valence-electron chi connectivity index (χ2n) is 28.7. The highest BCUT2D eigenvalue weighted by Crippen LogP contribution is 2.58. The van der Waals surface area contributed by atoms with E-state index in [1.54, 1.807) is 0 Å². The van der Waals surface area contributed by atoms with E-state index in [1.807, 2.05) is 0 Å². The van der Waals surface area contributed by atoms with Crippen molar-refractivity contribution in [2.45, 2.75) is 61.4 Å². The van der Waals surface area contributed by atoms with E-state index in [2.05, 4.69) is 0 Å². The van der Waals surface area contributed by atoms with E-state index in [-0.39, 0.29) is 30.3 Å². The number of esters is 10. The van der Waals surface area contributed by atoms with Crippen LogP contribution in [-0.2, 0) is 56.8 Å². The Morgan fingerprint density at radius 1 is 0.239 bits per heavy atom. The summed E-state index contributed by atoms with van der Waals surface area (Å²) in [4.78, 5) is 147. The molecule has 4 heterocycles. The molecule has 0 amide bonds. The van der Waals surface area contributed by atoms with Gasteiger partial charge in [0.2, 0.25) is 65.0 Å². The van der Waals surface area contributed by atoms with E-state index < -0.39 is 390 Å². The number of carbonyl (C=O) groups excluding carboxylic acids is 10. The highest BCUT2D eigenvalue weighted by atomic mass is 16.8. The number of phenolic OH excluding ortho intramolecular Hbond substituents is 29. The number of aromatic hydroxyl groups is 29. The number of ether oxygens (including phenoxy) is 13. The molecular weight excluding hydrogens is 1820 g/mol. The van der Waals surface area contributed by atoms with Gasteiger partial charge in [-0.05, 0) is 84.9 Å². The lowest BCUT2D eigenvalue weighted by Crippen LogP contribution is -2.63. The van der Waals surface area contributed by atoms with Gasteiger partial charge in [-0.25, -0.2) is 47.9 Å². The summed E-state index contributed by atoms with van der Waals surface area (Å²) in [7, 11) is 0. The molecule has 0 aromatic heterocycles. The minimum Gasteiger partial charge on any atom is -0.504 e. The summed E-state index contributed by atoms with van der Waals surface area (Å²) in [6.45, 7) is -3.06. The summed E-state index contributed by atoms with van der Waals surface area (Å²) in [6.07, 6.45) is -28.3. The van der Waals surface area contributed by atoms with Gasteiger partial charge in [0.1, 0.15) is 31.0 Å². The number of fused-ring (bicyclic) bond motifs is 8. The first-order valence-corrected chi connectivity index (χ1v) is 37.0. The molecule has 4 aliphatic heterocycles. The van der Waals surface area contributed by atoms with Gasteiger partial charge in [-0.1, -0.05) is 0 Å². The lowest BCUT2D eigenvalue weighted by Gasteiger charge is -2.43. The Labute approximate surface area is 736 Å². The molecule has 29 N–H and O–H groups in total. The third kappa shape index (κ3) is 16.2. The number of rotatable bonds is 14. The van der Waals surface area contributed by atoms with Crippen LogP contribution in [0.25, 0.3) is 22.3 Å². The van der Waals surface area contributed by atoms with Gasteiger partial charge in [0.15, 0.2) is 162 Å². The molecule has 0 radical (unpaired) electrons. The first-order chi connectivity index (χ1) is 63.0. The van der Waals surface area contributed by atoms with Crippen LogP contribution in [0, 0.1) is 0 Å². The van der Waals surface area contributed by atoms with Gasteiger partial charge in [-0.2, -0.15) is 0 Å². The zero-order valence-electron chi connectivity index (χ0n) is 65.7. The molecule has 2 fully saturated rings. The van der Waals surface area contributed by atoms with E-state index in [1.165, 1.54) is 0 Å². The van der Waals surface area contributed by atoms with Gasteiger partial charge in [0.25, 0.3) is 0 Å². The van der Waals surface area contributed by atoms with Crippen LogP contribution in [-0.4, -0.2) is 282 Å². The zero-order valence-corrected chi connectivity index (χ0v) is 65.7. The van der Waals surface area contributed by atoms with Gasteiger partial charge < -0.3 is 210 Å². The van der Waals surface area contributed by atoms with E-state index in [0.29, 0.717) is 60.7 Å². The van der Waals surface area contributed by atoms with Crippen LogP contribution in [0.4, 0.5) is 0 Å². The zero-order chi connectivity index (χ0) is 97.7. The van der Waals surface area contributed by atoms with Crippen LogP contribution >= 0.6 is 0 Å². The maximum Gasteiger partial charge on any atom is 0.342 e. The number of hydrogen-bond acceptors (Lipinski definition) is 52. The van der Waals surface area contributed by atoms with Crippen molar-refractivity contribution in [1.82, 2.24) is 0 Å². The number of cyclic esters (lactones) is 2. The quantitative estimate of drug-likeness (QED) is 0.0419. The number of hydrogen-bond donors (Lipinski definition) is 29. The fourth-order valence-electron chi connectivity index (χ4n) is 13.9. The molecule has 0 saturated carbocycles. The monoisotopic (exact) mass is 1870 g/mol. The van der Waals surface area contributed by atoms with E-state index >= 15 is 9.59 Å². The molecule has 4 aliphatic rings. The predicted octanol–water partition coefficient (Wildman–Crippen LogP) is 3.73. The average Bonchev–Trinajstić information content (AvgIpc) is 1.27. The fraction of sp³-hybridized carbons (Fsp3) is 0.146. The van der Waals surface area contributed by atoms with Crippen molar-refractivity contribution in [2.24, 2.45) is 0 Å². The molecular formula is C82H58O52. The molecule has 10 aromatic rings. The van der Waals surface area contributed by atoms with Crippen molar-refractivity contribution in [3.8, 4) is 200 Å². The van der Waals surface area contributed by atoms with Crippen molar-refractivity contribution >= 4 is 59.7 Å². The van der Waals surface area contributed by atoms with Gasteiger partial charge in [-0.15, -0.1) is 0 Å². The van der Waals surface area contributed by atoms with Crippen LogP contribution in [0.3, 0.4) is 0 Å². The molecule has 52 nitrogen and oxygen atoms in total. The molecule has 10 atom stereocenters. The minimum atomic E-state index is -3.07. The Hall–Kier alpha value is -19.2. The number of carbonyl (C=O) groups is 10. The summed E-state index contributed by atoms with van der Waals surface area (Å²) in [5.74, 6) is -64.9. The fourth-order valence-corrected chi connectivity index (χ4v) is 13.9. The van der Waals surface area contributed by atoms with Crippen LogP contribution in [0.5, 0.6) is 178 Å². The van der Waals surface area contributed by atoms with E-state index in [4.69, 9.17) is 61.6 Å². The standard InChI is InChI=1S/C82H58O52/c83-28-1-18(2-29(84)49(28)98)71(112)129-67-65-43(16-122-76(117)23-11-36(91)53(102)58(107)45(23)47-25(78(119)127-65)13-38(93)55(104)60(47)109)124-81(69(67)131-73(114)20-5-32(87)51(100)33(88)6-20)134-75(116)22-9-41(96)64(42(97)10-22)126-63-27(15-40(95)57(106)62(63)111)80(121)132-70-68(130-72(113)19-3-30(85)50(99)31(86)4-19)66-44(125-82(70)133-74(115)21-7-34(89)52(101)35(90)8-21)17-123-77(118)24-12-37(92)54(103)59(108)46(24)48-26(79(120)128-66)14-39(94)56(105)61(48)110/h1-15,43-44,65-70,81-111H,16-17H2/t43-,44-,65-,66-,67+,68+,69-,70-,81+,82+/m1/s1. The summed E-state index contributed by atoms with van der Waals surface area (Å²) in [5, 5.41) is 315. The molecule has 0 aliphatic carbocycles. The highest BCUT2D eigenvalue weighted by Gasteiger charge is 2.58. The molecule has 52 heteroatoms. The van der Waals surface area contributed by atoms with Crippen LogP contribution in [0.1, 0.15) is 104 Å². The van der Waals surface area contributed by atoms with Gasteiger partial charge >= 0.3 is 59.7 Å². The Morgan fingerprint density at radius 3 is 0.761 bits per heavy atom. The topological polar surface area (TPSA) is 877 Å². The molecule has 134 heavy (non-hydrogen) atoms. The average molecular weight is 1880 g/mol. The third-order valence-electron chi connectivity index (χ3n) is 20.4. The SMILES string of the molecule is O=C(O[C@@H]1O[C@@H]2COC(=O)c3cc(O)c(O)c(O)c3-c3c(cc(O)c(O)c3O)C(=O)O[C@H]2[C@H](OC(=O)c2cc(O)c(O)c(O)c2)[C@H]1OC(=O)c1cc(O)c(O)c(O)c1)c1cc(O)c(Oc2c(C(=O)O[C@H]3[C@H](OC(=O)c4cc(O)c(O)c(O)c4)O[C@@H]4COC(=O)c5cc(O)c(O)c(O)c5-c5c(cc(O)c(O)c5O)C(=O)O[C@H]4[C@@H]3OC(=O)c3cc(O)c(O)c(O)c3)cc(O)c(O)c2O)c(O)c1. The van der Waals surface area contributed by atoms with Gasteiger partial charge in [0, 0.05) is 28.3 Å². The lowest BCUT2D eigenvalue weighted by atomic mass is 9.92. The van der Waals surface area contributed by atoms with Crippen LogP contribution in [0.2, 0.25) is 0 Å². The lowest BCUT2D eigenvalue weighted by molar-refractivity contribution is -0.282. The second kappa shape index (κ2) is 34.2. The molecule has 698 valence electrons. The molecule has 10 aromatic carbocycles. The van der Waals surface area contributed by atoms with Crippen molar-refractivity contribution in [3.05, 3.63) is 147 Å². The molecule has 0 unspecified atom stereocenters. The second-order valence-corrected chi connectivity index (χ2v) is 28.7. The molecule has 2 saturated heterocycles. The minimum absolute atomic E-state index is 0.100. The number of benzene rings is 10. The summed E-state index contributed by atoms with van der Waals surface area (Å²) in [5.41, 5.74) is -16.9. The van der Waals surface area contributed by atoms with Crippen molar-refractivity contribution in [2.75, 3.05) is 13.2 Å². The first-order valence-electron chi connectivity index (χ1n) is 37.0. The summed E-state index contributed by atoms with van der Waals surface area (Å²) >= 11 is 0. The largest absolute Gasteiger partial charge is 0.504 e. The van der Waals surface area contributed by atoms with Crippen LogP contribution in [0.15, 0.2) is 91.0 Å². The smallest absolute Gasteiger partial charge is 0.342 e. The molecule has 14 rings (SSSR count). The predicted molar refractivity (Wildman–Crippen MR) is 415 cm³/mol. The van der Waals surface area contributed by atoms with Gasteiger partial charge in [-0.3, -0.25) is 0 Å². The van der Waals surface area contributed by atoms with E-state index in [0.717, 1.165) is 0 Å². The van der Waals surface area contributed by atoms with Crippen molar-refractivity contribution in [1.29, 1.82) is 0 Å². The first kappa shape index (κ1) is 91.0. The van der Waals surface area contributed by atoms with Crippen molar-refractivity contribution in [3.63, 3.8) is 0 Å². The Balaban J connectivity index is 0.868. The normalized spacial score (nSPS) is 19.1. The Kier molecular flexibility index (Phi) is 23.2. The van der Waals surface area contributed by atoms with Crippen molar-refractivity contribution < 1.29 is 258 Å². The third-order valence-corrected chi connectivity index (χ3v) is 20.4.